The van der Waals surface area contributed by atoms with Gasteiger partial charge in [-0.05, 0) is 12.8 Å². The smallest absolute Gasteiger partial charge is 0.127 e. The minimum absolute atomic E-state index is 0.0763. The Morgan fingerprint density at radius 1 is 1.75 bits per heavy atom. The Kier molecular flexibility index (Phi) is 3.58. The van der Waals surface area contributed by atoms with Gasteiger partial charge in [-0.1, -0.05) is 6.92 Å². The minimum atomic E-state index is 0.0763. The topological polar surface area (TPSA) is 65.1 Å². The van der Waals surface area contributed by atoms with Crippen LogP contribution in [0.25, 0.3) is 0 Å². The van der Waals surface area contributed by atoms with Gasteiger partial charge in [-0.25, -0.2) is 10.4 Å². The summed E-state index contributed by atoms with van der Waals surface area (Å²) in [6.45, 7) is 2.97. The van der Waals surface area contributed by atoms with Gasteiger partial charge in [0.1, 0.15) is 5.82 Å². The van der Waals surface area contributed by atoms with Crippen molar-refractivity contribution in [1.82, 2.24) is 15.0 Å². The first kappa shape index (κ1) is 11.6. The van der Waals surface area contributed by atoms with Crippen LogP contribution < -0.4 is 11.3 Å². The van der Waals surface area contributed by atoms with E-state index in [-0.39, 0.29) is 12.1 Å². The van der Waals surface area contributed by atoms with Crippen molar-refractivity contribution in [3.05, 3.63) is 18.2 Å². The first-order valence-corrected chi connectivity index (χ1v) is 5.82. The van der Waals surface area contributed by atoms with Crippen LogP contribution in [0.5, 0.6) is 0 Å². The van der Waals surface area contributed by atoms with Crippen molar-refractivity contribution in [2.24, 2.45) is 18.8 Å². The molecule has 90 valence electrons. The predicted octanol–water partition coefficient (Wildman–Crippen LogP) is 0.740. The molecule has 1 saturated heterocycles. The average Bonchev–Trinajstić information content (AvgIpc) is 2.90. The number of aromatic nitrogens is 2. The van der Waals surface area contributed by atoms with E-state index in [1.807, 2.05) is 17.8 Å². The van der Waals surface area contributed by atoms with E-state index < -0.39 is 0 Å². The van der Waals surface area contributed by atoms with Gasteiger partial charge in [0, 0.05) is 32.0 Å². The molecule has 1 aromatic heterocycles. The predicted molar refractivity (Wildman–Crippen MR) is 61.4 cm³/mol. The molecule has 2 rings (SSSR count). The molecule has 3 unspecified atom stereocenters. The van der Waals surface area contributed by atoms with E-state index >= 15 is 0 Å². The zero-order valence-electron chi connectivity index (χ0n) is 9.89. The molecule has 16 heavy (non-hydrogen) atoms. The molecule has 3 atom stereocenters. The number of hydrogen-bond donors (Lipinski definition) is 2. The third-order valence-corrected chi connectivity index (χ3v) is 3.41. The molecule has 1 aliphatic heterocycles. The molecular weight excluding hydrogens is 204 g/mol. The van der Waals surface area contributed by atoms with Crippen molar-refractivity contribution < 1.29 is 4.74 Å². The molecular formula is C11H20N4O. The quantitative estimate of drug-likeness (QED) is 0.585. The maximum atomic E-state index is 5.70. The molecule has 3 N–H and O–H groups in total. The molecule has 5 nitrogen and oxygen atoms in total. The van der Waals surface area contributed by atoms with Crippen molar-refractivity contribution in [1.29, 1.82) is 0 Å². The highest BCUT2D eigenvalue weighted by atomic mass is 16.5. The van der Waals surface area contributed by atoms with Gasteiger partial charge in [-0.3, -0.25) is 5.84 Å². The fraction of sp³-hybridized carbons (Fsp3) is 0.727. The largest absolute Gasteiger partial charge is 0.378 e. The monoisotopic (exact) mass is 224 g/mol. The molecule has 0 aromatic carbocycles. The highest BCUT2D eigenvalue weighted by Gasteiger charge is 2.35. The Hall–Kier alpha value is -0.910. The van der Waals surface area contributed by atoms with Gasteiger partial charge in [0.25, 0.3) is 0 Å². The number of nitrogens with one attached hydrogen (secondary N) is 1. The fourth-order valence-corrected chi connectivity index (χ4v) is 2.53. The van der Waals surface area contributed by atoms with E-state index in [0.717, 1.165) is 25.3 Å². The third-order valence-electron chi connectivity index (χ3n) is 3.41. The molecule has 2 heterocycles. The second kappa shape index (κ2) is 4.95. The molecule has 0 radical (unpaired) electrons. The van der Waals surface area contributed by atoms with Crippen LogP contribution in [0.2, 0.25) is 0 Å². The van der Waals surface area contributed by atoms with Gasteiger partial charge in [0.05, 0.1) is 12.1 Å². The molecule has 0 aliphatic carbocycles. The lowest BCUT2D eigenvalue weighted by Crippen LogP contribution is -2.38. The van der Waals surface area contributed by atoms with Crippen LogP contribution in [0.1, 0.15) is 31.6 Å². The standard InChI is InChI=1S/C11H20N4O/c1-3-9-8(4-7-16-9)10(14-12)11-13-5-6-15(11)2/h5-6,8-10,14H,3-4,7,12H2,1-2H3. The third kappa shape index (κ3) is 1.98. The number of hydrogen-bond acceptors (Lipinski definition) is 4. The normalized spacial score (nSPS) is 27.2. The number of aryl methyl sites for hydroxylation is 1. The molecule has 0 saturated carbocycles. The number of hydrazine groups is 1. The van der Waals surface area contributed by atoms with Crippen LogP contribution in [-0.4, -0.2) is 22.3 Å². The number of imidazole rings is 1. The maximum Gasteiger partial charge on any atom is 0.127 e. The number of rotatable bonds is 4. The van der Waals surface area contributed by atoms with Crippen molar-refractivity contribution in [2.75, 3.05) is 6.61 Å². The SMILES string of the molecule is CCC1OCCC1C(NN)c1nccn1C. The summed E-state index contributed by atoms with van der Waals surface area (Å²) in [5.41, 5.74) is 2.89. The molecule has 0 spiro atoms. The Morgan fingerprint density at radius 2 is 2.56 bits per heavy atom. The average molecular weight is 224 g/mol. The van der Waals surface area contributed by atoms with Gasteiger partial charge in [0.2, 0.25) is 0 Å². The van der Waals surface area contributed by atoms with Crippen molar-refractivity contribution in [2.45, 2.75) is 31.9 Å². The Bertz CT molecular complexity index is 338. The van der Waals surface area contributed by atoms with E-state index in [0.29, 0.717) is 5.92 Å². The van der Waals surface area contributed by atoms with Crippen molar-refractivity contribution in [3.63, 3.8) is 0 Å². The highest BCUT2D eigenvalue weighted by molar-refractivity contribution is 5.02. The van der Waals surface area contributed by atoms with Crippen LogP contribution >= 0.6 is 0 Å². The van der Waals surface area contributed by atoms with Crippen molar-refractivity contribution >= 4 is 0 Å². The summed E-state index contributed by atoms with van der Waals surface area (Å²) in [4.78, 5) is 4.37. The molecule has 5 heteroatoms. The molecule has 0 bridgehead atoms. The summed E-state index contributed by atoms with van der Waals surface area (Å²) in [6.07, 6.45) is 6.10. The zero-order valence-corrected chi connectivity index (χ0v) is 9.89. The summed E-state index contributed by atoms with van der Waals surface area (Å²) in [5.74, 6) is 7.07. The minimum Gasteiger partial charge on any atom is -0.378 e. The van der Waals surface area contributed by atoms with E-state index in [1.165, 1.54) is 0 Å². The summed E-state index contributed by atoms with van der Waals surface area (Å²) >= 11 is 0. The Balaban J connectivity index is 2.19. The summed E-state index contributed by atoms with van der Waals surface area (Å²) in [7, 11) is 1.99. The lowest BCUT2D eigenvalue weighted by Gasteiger charge is -2.25. The van der Waals surface area contributed by atoms with E-state index in [1.54, 1.807) is 6.20 Å². The summed E-state index contributed by atoms with van der Waals surface area (Å²) < 4.78 is 7.71. The first-order valence-electron chi connectivity index (χ1n) is 5.82. The van der Waals surface area contributed by atoms with Crippen LogP contribution in [-0.2, 0) is 11.8 Å². The second-order valence-corrected chi connectivity index (χ2v) is 4.31. The summed E-state index contributed by atoms with van der Waals surface area (Å²) in [6, 6.07) is 0.0763. The van der Waals surface area contributed by atoms with E-state index in [9.17, 15) is 0 Å². The van der Waals surface area contributed by atoms with Crippen LogP contribution in [0.15, 0.2) is 12.4 Å². The van der Waals surface area contributed by atoms with Gasteiger partial charge < -0.3 is 9.30 Å². The molecule has 1 aromatic rings. The van der Waals surface area contributed by atoms with Crippen LogP contribution in [0, 0.1) is 5.92 Å². The number of nitrogens with two attached hydrogens (primary N) is 1. The van der Waals surface area contributed by atoms with E-state index in [2.05, 4.69) is 17.3 Å². The van der Waals surface area contributed by atoms with E-state index in [4.69, 9.17) is 10.6 Å². The number of ether oxygens (including phenoxy) is 1. The molecule has 0 amide bonds. The van der Waals surface area contributed by atoms with Gasteiger partial charge in [-0.15, -0.1) is 0 Å². The van der Waals surface area contributed by atoms with Crippen molar-refractivity contribution in [3.8, 4) is 0 Å². The second-order valence-electron chi connectivity index (χ2n) is 4.31. The molecule has 1 fully saturated rings. The fourth-order valence-electron chi connectivity index (χ4n) is 2.53. The first-order chi connectivity index (χ1) is 7.77. The number of nitrogens with zero attached hydrogens (tertiary/aromatic N) is 2. The maximum absolute atomic E-state index is 5.70. The molecule has 1 aliphatic rings. The van der Waals surface area contributed by atoms with Crippen LogP contribution in [0.4, 0.5) is 0 Å². The van der Waals surface area contributed by atoms with Gasteiger partial charge in [0.15, 0.2) is 0 Å². The summed E-state index contributed by atoms with van der Waals surface area (Å²) in [5, 5.41) is 0. The van der Waals surface area contributed by atoms with Gasteiger partial charge >= 0.3 is 0 Å². The van der Waals surface area contributed by atoms with Crippen LogP contribution in [0.3, 0.4) is 0 Å². The highest BCUT2D eigenvalue weighted by Crippen LogP contribution is 2.33. The lowest BCUT2D eigenvalue weighted by molar-refractivity contribution is 0.0761. The Labute approximate surface area is 96.0 Å². The lowest BCUT2D eigenvalue weighted by atomic mass is 9.91. The zero-order chi connectivity index (χ0) is 11.5. The van der Waals surface area contributed by atoms with Gasteiger partial charge in [-0.2, -0.15) is 0 Å². The Morgan fingerprint density at radius 3 is 3.12 bits per heavy atom.